The van der Waals surface area contributed by atoms with Crippen molar-refractivity contribution < 1.29 is 14.6 Å². The Morgan fingerprint density at radius 2 is 2.24 bits per heavy atom. The molecule has 0 amide bonds. The van der Waals surface area contributed by atoms with E-state index in [1.165, 1.54) is 0 Å². The number of β-amino-alcohol motifs (C(OH)–C–C–N with tert-alkyl or cyclic N) is 1. The average molecular weight is 346 g/mol. The van der Waals surface area contributed by atoms with Crippen LogP contribution in [0.1, 0.15) is 30.2 Å². The van der Waals surface area contributed by atoms with Gasteiger partial charge in [-0.15, -0.1) is 0 Å². The first-order valence-corrected chi connectivity index (χ1v) is 8.79. The van der Waals surface area contributed by atoms with E-state index in [9.17, 15) is 5.11 Å². The first kappa shape index (κ1) is 18.0. The second kappa shape index (κ2) is 9.05. The van der Waals surface area contributed by atoms with E-state index in [4.69, 9.17) is 9.47 Å². The van der Waals surface area contributed by atoms with Crippen LogP contribution in [0.25, 0.3) is 0 Å². The summed E-state index contributed by atoms with van der Waals surface area (Å²) in [7, 11) is 0. The zero-order chi connectivity index (χ0) is 17.5. The summed E-state index contributed by atoms with van der Waals surface area (Å²) in [6.45, 7) is 5.49. The van der Waals surface area contributed by atoms with Gasteiger partial charge >= 0.3 is 0 Å². The molecule has 2 aromatic rings. The molecular formula is C18H26N4O3. The lowest BCUT2D eigenvalue weighted by atomic mass is 10.2. The molecule has 7 heteroatoms. The Labute approximate surface area is 148 Å². The van der Waals surface area contributed by atoms with E-state index < -0.39 is 6.10 Å². The molecule has 1 aliphatic heterocycles. The van der Waals surface area contributed by atoms with Crippen LogP contribution in [0, 0.1) is 0 Å². The van der Waals surface area contributed by atoms with Gasteiger partial charge in [-0.3, -0.25) is 10.00 Å². The highest BCUT2D eigenvalue weighted by Crippen LogP contribution is 2.19. The van der Waals surface area contributed by atoms with Gasteiger partial charge in [-0.25, -0.2) is 4.98 Å². The van der Waals surface area contributed by atoms with Gasteiger partial charge in [0.05, 0.1) is 25.9 Å². The van der Waals surface area contributed by atoms with Gasteiger partial charge in [0.1, 0.15) is 11.9 Å². The molecule has 136 valence electrons. The largest absolute Gasteiger partial charge is 0.389 e. The standard InChI is InChI=1S/C18H26N4O3/c1-2-17-19-18(21-20-17)16-11-22(8-9-25-16)10-15(23)13-24-12-14-6-4-3-5-7-14/h3-7,15-16,23H,2,8-13H2,1H3,(H,19,20,21)/t15-,16-/m1/s1. The fraction of sp³-hybridized carbons (Fsp3) is 0.556. The normalized spacial score (nSPS) is 19.8. The highest BCUT2D eigenvalue weighted by atomic mass is 16.5. The fourth-order valence-electron chi connectivity index (χ4n) is 2.87. The van der Waals surface area contributed by atoms with Crippen molar-refractivity contribution in [2.45, 2.75) is 32.2 Å². The number of aromatic amines is 1. The third-order valence-corrected chi connectivity index (χ3v) is 4.21. The van der Waals surface area contributed by atoms with Crippen LogP contribution in [0.4, 0.5) is 0 Å². The molecule has 0 unspecified atom stereocenters. The van der Waals surface area contributed by atoms with Gasteiger partial charge in [-0.1, -0.05) is 37.3 Å². The summed E-state index contributed by atoms with van der Waals surface area (Å²) < 4.78 is 11.4. The Hall–Kier alpha value is -1.80. The number of benzene rings is 1. The van der Waals surface area contributed by atoms with Gasteiger partial charge in [-0.05, 0) is 5.56 Å². The maximum Gasteiger partial charge on any atom is 0.180 e. The Morgan fingerprint density at radius 1 is 1.40 bits per heavy atom. The number of ether oxygens (including phenoxy) is 2. The maximum atomic E-state index is 10.2. The average Bonchev–Trinajstić information content (AvgIpc) is 3.12. The number of hydrogen-bond donors (Lipinski definition) is 2. The Balaban J connectivity index is 1.42. The van der Waals surface area contributed by atoms with E-state index in [2.05, 4.69) is 20.1 Å². The summed E-state index contributed by atoms with van der Waals surface area (Å²) in [5.74, 6) is 1.56. The van der Waals surface area contributed by atoms with Crippen molar-refractivity contribution in [2.24, 2.45) is 0 Å². The molecule has 0 radical (unpaired) electrons. The van der Waals surface area contributed by atoms with Crippen LogP contribution in [0.2, 0.25) is 0 Å². The van der Waals surface area contributed by atoms with Gasteiger partial charge in [0.25, 0.3) is 0 Å². The minimum absolute atomic E-state index is 0.150. The van der Waals surface area contributed by atoms with Crippen molar-refractivity contribution >= 4 is 0 Å². The first-order valence-electron chi connectivity index (χ1n) is 8.79. The monoisotopic (exact) mass is 346 g/mol. The highest BCUT2D eigenvalue weighted by molar-refractivity contribution is 5.13. The molecule has 3 rings (SSSR count). The number of hydrogen-bond acceptors (Lipinski definition) is 6. The van der Waals surface area contributed by atoms with Crippen LogP contribution in [0.15, 0.2) is 30.3 Å². The lowest BCUT2D eigenvalue weighted by Gasteiger charge is -2.32. The summed E-state index contributed by atoms with van der Waals surface area (Å²) in [6.07, 6.45) is 0.143. The number of morpholine rings is 1. The van der Waals surface area contributed by atoms with Gasteiger partial charge in [-0.2, -0.15) is 5.10 Å². The predicted molar refractivity (Wildman–Crippen MR) is 93.0 cm³/mol. The Morgan fingerprint density at radius 3 is 3.00 bits per heavy atom. The van der Waals surface area contributed by atoms with Crippen molar-refractivity contribution in [1.29, 1.82) is 0 Å². The van der Waals surface area contributed by atoms with E-state index in [1.807, 2.05) is 37.3 Å². The topological polar surface area (TPSA) is 83.5 Å². The number of aryl methyl sites for hydroxylation is 1. The molecule has 0 aliphatic carbocycles. The molecule has 1 saturated heterocycles. The van der Waals surface area contributed by atoms with Crippen molar-refractivity contribution in [2.75, 3.05) is 32.8 Å². The predicted octanol–water partition coefficient (Wildman–Crippen LogP) is 1.32. The van der Waals surface area contributed by atoms with Crippen LogP contribution in [-0.4, -0.2) is 64.1 Å². The number of aliphatic hydroxyl groups is 1. The van der Waals surface area contributed by atoms with Crippen LogP contribution >= 0.6 is 0 Å². The molecule has 2 atom stereocenters. The van der Waals surface area contributed by atoms with E-state index in [0.717, 1.165) is 24.4 Å². The molecular weight excluding hydrogens is 320 g/mol. The molecule has 0 bridgehead atoms. The molecule has 2 heterocycles. The van der Waals surface area contributed by atoms with Gasteiger partial charge in [0, 0.05) is 26.1 Å². The lowest BCUT2D eigenvalue weighted by molar-refractivity contribution is -0.0565. The molecule has 1 aromatic heterocycles. The van der Waals surface area contributed by atoms with Crippen molar-refractivity contribution in [3.8, 4) is 0 Å². The first-order chi connectivity index (χ1) is 12.2. The Kier molecular flexibility index (Phi) is 6.52. The molecule has 2 N–H and O–H groups in total. The zero-order valence-electron chi connectivity index (χ0n) is 14.6. The second-order valence-electron chi connectivity index (χ2n) is 6.27. The molecule has 1 fully saturated rings. The minimum atomic E-state index is -0.527. The van der Waals surface area contributed by atoms with Gasteiger partial charge in [0.2, 0.25) is 0 Å². The summed E-state index contributed by atoms with van der Waals surface area (Å²) >= 11 is 0. The summed E-state index contributed by atoms with van der Waals surface area (Å²) in [5, 5.41) is 17.4. The van der Waals surface area contributed by atoms with Crippen molar-refractivity contribution in [1.82, 2.24) is 20.1 Å². The minimum Gasteiger partial charge on any atom is -0.389 e. The van der Waals surface area contributed by atoms with E-state index in [1.54, 1.807) is 0 Å². The molecule has 1 aliphatic rings. The second-order valence-corrected chi connectivity index (χ2v) is 6.27. The van der Waals surface area contributed by atoms with E-state index in [-0.39, 0.29) is 6.10 Å². The summed E-state index contributed by atoms with van der Waals surface area (Å²) in [5.41, 5.74) is 1.11. The third kappa shape index (κ3) is 5.34. The SMILES string of the molecule is CCc1nc([C@H]2CN(C[C@@H](O)COCc3ccccc3)CCO2)n[nH]1. The number of H-pyrrole nitrogens is 1. The van der Waals surface area contributed by atoms with Crippen LogP contribution in [0.5, 0.6) is 0 Å². The number of rotatable bonds is 8. The molecule has 7 nitrogen and oxygen atoms in total. The van der Waals surface area contributed by atoms with Crippen LogP contribution in [-0.2, 0) is 22.5 Å². The highest BCUT2D eigenvalue weighted by Gasteiger charge is 2.26. The maximum absolute atomic E-state index is 10.2. The van der Waals surface area contributed by atoms with Crippen LogP contribution < -0.4 is 0 Å². The quantitative estimate of drug-likeness (QED) is 0.750. The van der Waals surface area contributed by atoms with Crippen molar-refractivity contribution in [3.63, 3.8) is 0 Å². The molecule has 0 saturated carbocycles. The van der Waals surface area contributed by atoms with Crippen molar-refractivity contribution in [3.05, 3.63) is 47.5 Å². The fourth-order valence-corrected chi connectivity index (χ4v) is 2.87. The molecule has 25 heavy (non-hydrogen) atoms. The molecule has 1 aromatic carbocycles. The van der Waals surface area contributed by atoms with Gasteiger partial charge < -0.3 is 14.6 Å². The van der Waals surface area contributed by atoms with Crippen LogP contribution in [0.3, 0.4) is 0 Å². The summed E-state index contributed by atoms with van der Waals surface area (Å²) in [4.78, 5) is 6.62. The summed E-state index contributed by atoms with van der Waals surface area (Å²) in [6, 6.07) is 9.97. The molecule has 0 spiro atoms. The number of aromatic nitrogens is 3. The third-order valence-electron chi connectivity index (χ3n) is 4.21. The lowest BCUT2D eigenvalue weighted by Crippen LogP contribution is -2.43. The van der Waals surface area contributed by atoms with Gasteiger partial charge in [0.15, 0.2) is 5.82 Å². The smallest absolute Gasteiger partial charge is 0.180 e. The number of nitrogens with zero attached hydrogens (tertiary/aromatic N) is 3. The number of aliphatic hydroxyl groups excluding tert-OH is 1. The zero-order valence-corrected chi connectivity index (χ0v) is 14.6. The Bertz CT molecular complexity index is 634. The van der Waals surface area contributed by atoms with E-state index >= 15 is 0 Å². The van der Waals surface area contributed by atoms with E-state index in [0.29, 0.717) is 38.7 Å². The number of nitrogens with one attached hydrogen (secondary N) is 1.